The summed E-state index contributed by atoms with van der Waals surface area (Å²) in [4.78, 5) is 0. The summed E-state index contributed by atoms with van der Waals surface area (Å²) in [6.07, 6.45) is 6.55. The molecule has 1 aliphatic heterocycles. The molecule has 1 saturated heterocycles. The van der Waals surface area contributed by atoms with E-state index >= 15 is 0 Å². The van der Waals surface area contributed by atoms with Gasteiger partial charge in [0, 0.05) is 18.3 Å². The van der Waals surface area contributed by atoms with Crippen molar-refractivity contribution in [3.63, 3.8) is 0 Å². The van der Waals surface area contributed by atoms with E-state index in [1.165, 1.54) is 27.8 Å². The lowest BCUT2D eigenvalue weighted by atomic mass is 9.64. The molecule has 5 rings (SSSR count). The lowest BCUT2D eigenvalue weighted by molar-refractivity contribution is -0.182. The maximum absolute atomic E-state index is 6.00. The highest BCUT2D eigenvalue weighted by Gasteiger charge is 2.51. The fourth-order valence-corrected chi connectivity index (χ4v) is 5.09. The fraction of sp³-hybridized carbons (Fsp3) is 0.391. The quantitative estimate of drug-likeness (QED) is 0.723. The summed E-state index contributed by atoms with van der Waals surface area (Å²) in [7, 11) is 0. The molecule has 3 aliphatic rings. The van der Waals surface area contributed by atoms with Crippen molar-refractivity contribution in [3.8, 4) is 0 Å². The molecule has 2 aromatic rings. The van der Waals surface area contributed by atoms with Crippen molar-refractivity contribution in [2.45, 2.75) is 43.8 Å². The molecular weight excluding hydrogens is 308 g/mol. The van der Waals surface area contributed by atoms with Gasteiger partial charge in [0.05, 0.1) is 13.2 Å². The molecule has 0 unspecified atom stereocenters. The van der Waals surface area contributed by atoms with E-state index in [-0.39, 0.29) is 11.2 Å². The van der Waals surface area contributed by atoms with Gasteiger partial charge in [0.25, 0.3) is 0 Å². The van der Waals surface area contributed by atoms with Crippen LogP contribution < -0.4 is 0 Å². The van der Waals surface area contributed by atoms with E-state index in [1.807, 2.05) is 0 Å². The first-order chi connectivity index (χ1) is 12.2. The Morgan fingerprint density at radius 2 is 1.48 bits per heavy atom. The standard InChI is InChI=1S/C23H24O2/c1-17-6-2-4-8-19(17)21-16-18-7-3-5-9-20(18)22(21)10-12-23(13-11-22)24-14-15-25-23/h2-9,16H,10-15H2,1H3. The predicted molar refractivity (Wildman–Crippen MR) is 100 cm³/mol. The van der Waals surface area contributed by atoms with Gasteiger partial charge in [-0.25, -0.2) is 0 Å². The fourth-order valence-electron chi connectivity index (χ4n) is 5.09. The SMILES string of the molecule is Cc1ccccc1C1=Cc2ccccc2C12CCC1(CC2)OCCO1. The summed E-state index contributed by atoms with van der Waals surface area (Å²) < 4.78 is 12.0. The van der Waals surface area contributed by atoms with Crippen molar-refractivity contribution >= 4 is 11.6 Å². The van der Waals surface area contributed by atoms with Crippen LogP contribution in [-0.2, 0) is 14.9 Å². The minimum atomic E-state index is -0.320. The number of benzene rings is 2. The Kier molecular flexibility index (Phi) is 3.41. The van der Waals surface area contributed by atoms with Gasteiger partial charge in [-0.05, 0) is 53.7 Å². The maximum atomic E-state index is 6.00. The lowest BCUT2D eigenvalue weighted by Gasteiger charge is -2.44. The first-order valence-corrected chi connectivity index (χ1v) is 9.38. The van der Waals surface area contributed by atoms with Gasteiger partial charge in [0.1, 0.15) is 0 Å². The molecule has 2 nitrogen and oxygen atoms in total. The van der Waals surface area contributed by atoms with Crippen LogP contribution in [0, 0.1) is 6.92 Å². The average Bonchev–Trinajstić information content (AvgIpc) is 3.22. The topological polar surface area (TPSA) is 18.5 Å². The van der Waals surface area contributed by atoms with E-state index in [0.29, 0.717) is 0 Å². The number of hydrogen-bond donors (Lipinski definition) is 0. The van der Waals surface area contributed by atoms with Crippen LogP contribution in [0.2, 0.25) is 0 Å². The van der Waals surface area contributed by atoms with E-state index in [9.17, 15) is 0 Å². The number of allylic oxidation sites excluding steroid dienone is 1. The number of hydrogen-bond acceptors (Lipinski definition) is 2. The number of ether oxygens (including phenoxy) is 2. The van der Waals surface area contributed by atoms with Crippen molar-refractivity contribution in [2.24, 2.45) is 0 Å². The summed E-state index contributed by atoms with van der Waals surface area (Å²) in [5.74, 6) is -0.320. The zero-order valence-electron chi connectivity index (χ0n) is 14.8. The summed E-state index contributed by atoms with van der Waals surface area (Å²) in [6, 6.07) is 17.7. The van der Waals surface area contributed by atoms with Gasteiger partial charge in [-0.1, -0.05) is 48.5 Å². The second-order valence-corrected chi connectivity index (χ2v) is 7.65. The third-order valence-electron chi connectivity index (χ3n) is 6.41. The second-order valence-electron chi connectivity index (χ2n) is 7.65. The third kappa shape index (κ3) is 2.24. The average molecular weight is 332 g/mol. The molecule has 1 heterocycles. The van der Waals surface area contributed by atoms with Gasteiger partial charge in [-0.3, -0.25) is 0 Å². The Bertz CT molecular complexity index is 833. The van der Waals surface area contributed by atoms with Crippen LogP contribution in [0.5, 0.6) is 0 Å². The summed E-state index contributed by atoms with van der Waals surface area (Å²) in [5, 5.41) is 0. The summed E-state index contributed by atoms with van der Waals surface area (Å²) in [5.41, 5.74) is 7.20. The largest absolute Gasteiger partial charge is 0.348 e. The van der Waals surface area contributed by atoms with Crippen LogP contribution in [-0.4, -0.2) is 19.0 Å². The number of aryl methyl sites for hydroxylation is 1. The monoisotopic (exact) mass is 332 g/mol. The van der Waals surface area contributed by atoms with Crippen LogP contribution >= 0.6 is 0 Å². The van der Waals surface area contributed by atoms with Crippen molar-refractivity contribution in [3.05, 3.63) is 70.8 Å². The van der Waals surface area contributed by atoms with Gasteiger partial charge in [0.15, 0.2) is 5.79 Å². The smallest absolute Gasteiger partial charge is 0.168 e. The highest BCUT2D eigenvalue weighted by atomic mass is 16.7. The first kappa shape index (κ1) is 15.4. The lowest BCUT2D eigenvalue weighted by Crippen LogP contribution is -2.42. The summed E-state index contributed by atoms with van der Waals surface area (Å²) >= 11 is 0. The van der Waals surface area contributed by atoms with E-state index in [1.54, 1.807) is 0 Å². The Labute approximate surface area is 149 Å². The van der Waals surface area contributed by atoms with Crippen LogP contribution in [0.4, 0.5) is 0 Å². The van der Waals surface area contributed by atoms with Crippen molar-refractivity contribution in [1.29, 1.82) is 0 Å². The van der Waals surface area contributed by atoms with Gasteiger partial charge in [-0.15, -0.1) is 0 Å². The molecule has 0 amide bonds. The molecule has 2 fully saturated rings. The zero-order valence-corrected chi connectivity index (χ0v) is 14.8. The molecular formula is C23H24O2. The van der Waals surface area contributed by atoms with Crippen molar-refractivity contribution in [2.75, 3.05) is 13.2 Å². The molecule has 25 heavy (non-hydrogen) atoms. The third-order valence-corrected chi connectivity index (χ3v) is 6.41. The van der Waals surface area contributed by atoms with Gasteiger partial charge in [-0.2, -0.15) is 0 Å². The highest BCUT2D eigenvalue weighted by Crippen LogP contribution is 2.57. The number of rotatable bonds is 1. The molecule has 0 radical (unpaired) electrons. The van der Waals surface area contributed by atoms with Gasteiger partial charge < -0.3 is 9.47 Å². The minimum absolute atomic E-state index is 0.100. The second kappa shape index (κ2) is 5.55. The van der Waals surface area contributed by atoms with Crippen LogP contribution in [0.3, 0.4) is 0 Å². The Morgan fingerprint density at radius 3 is 2.24 bits per heavy atom. The summed E-state index contributed by atoms with van der Waals surface area (Å²) in [6.45, 7) is 3.70. The molecule has 0 aromatic heterocycles. The molecule has 0 bridgehead atoms. The number of fused-ring (bicyclic) bond motifs is 2. The first-order valence-electron chi connectivity index (χ1n) is 9.38. The van der Waals surface area contributed by atoms with Crippen molar-refractivity contribution in [1.82, 2.24) is 0 Å². The zero-order chi connectivity index (χ0) is 16.9. The Morgan fingerprint density at radius 1 is 0.800 bits per heavy atom. The predicted octanol–water partition coefficient (Wildman–Crippen LogP) is 5.10. The van der Waals surface area contributed by atoms with Crippen LogP contribution in [0.15, 0.2) is 48.5 Å². The van der Waals surface area contributed by atoms with Gasteiger partial charge in [0.2, 0.25) is 0 Å². The molecule has 0 N–H and O–H groups in total. The van der Waals surface area contributed by atoms with Crippen molar-refractivity contribution < 1.29 is 9.47 Å². The Hall–Kier alpha value is -1.90. The molecule has 2 heteroatoms. The van der Waals surface area contributed by atoms with E-state index < -0.39 is 0 Å². The van der Waals surface area contributed by atoms with E-state index in [2.05, 4.69) is 61.5 Å². The minimum Gasteiger partial charge on any atom is -0.348 e. The molecule has 1 saturated carbocycles. The molecule has 128 valence electrons. The van der Waals surface area contributed by atoms with E-state index in [4.69, 9.17) is 9.47 Å². The normalized spacial score (nSPS) is 23.0. The van der Waals surface area contributed by atoms with Crippen LogP contribution in [0.1, 0.15) is 47.9 Å². The van der Waals surface area contributed by atoms with Gasteiger partial charge >= 0.3 is 0 Å². The molecule has 0 atom stereocenters. The van der Waals surface area contributed by atoms with E-state index in [0.717, 1.165) is 38.9 Å². The Balaban J connectivity index is 1.60. The molecule has 2 spiro atoms. The maximum Gasteiger partial charge on any atom is 0.168 e. The molecule has 2 aromatic carbocycles. The molecule has 2 aliphatic carbocycles. The van der Waals surface area contributed by atoms with Crippen LogP contribution in [0.25, 0.3) is 11.6 Å². The highest BCUT2D eigenvalue weighted by molar-refractivity contribution is 5.95.